The third-order valence-corrected chi connectivity index (χ3v) is 6.35. The number of thiazole rings is 1. The highest BCUT2D eigenvalue weighted by molar-refractivity contribution is 7.15. The number of anilines is 1. The maximum Gasteiger partial charge on any atom is 0.251 e. The fraction of sp³-hybridized carbons (Fsp3) is 0.231. The van der Waals surface area contributed by atoms with Crippen molar-refractivity contribution in [2.45, 2.75) is 26.7 Å². The van der Waals surface area contributed by atoms with Crippen LogP contribution in [0.1, 0.15) is 35.0 Å². The molecule has 0 saturated carbocycles. The number of benzene rings is 2. The summed E-state index contributed by atoms with van der Waals surface area (Å²) < 4.78 is 1.95. The minimum absolute atomic E-state index is 0.0825. The van der Waals surface area contributed by atoms with Gasteiger partial charge in [0.15, 0.2) is 4.96 Å². The van der Waals surface area contributed by atoms with Crippen molar-refractivity contribution in [3.8, 4) is 11.3 Å². The minimum atomic E-state index is -0.241. The maximum absolute atomic E-state index is 12.4. The molecule has 0 atom stereocenters. The van der Waals surface area contributed by atoms with Crippen molar-refractivity contribution < 1.29 is 14.4 Å². The van der Waals surface area contributed by atoms with E-state index in [-0.39, 0.29) is 24.1 Å². The normalized spacial score (nSPS) is 10.8. The molecule has 2 aromatic heterocycles. The molecule has 0 radical (unpaired) electrons. The van der Waals surface area contributed by atoms with Crippen molar-refractivity contribution >= 4 is 39.7 Å². The quantitative estimate of drug-likeness (QED) is 0.311. The van der Waals surface area contributed by atoms with Crippen LogP contribution in [0.25, 0.3) is 16.2 Å². The predicted molar refractivity (Wildman–Crippen MR) is 138 cm³/mol. The second-order valence-electron chi connectivity index (χ2n) is 8.13. The largest absolute Gasteiger partial charge is 0.354 e. The first-order valence-corrected chi connectivity index (χ1v) is 12.3. The van der Waals surface area contributed by atoms with Gasteiger partial charge >= 0.3 is 0 Å². The highest BCUT2D eigenvalue weighted by Crippen LogP contribution is 2.24. The Balaban J connectivity index is 1.24. The molecule has 8 nitrogen and oxygen atoms in total. The van der Waals surface area contributed by atoms with E-state index >= 15 is 0 Å². The van der Waals surface area contributed by atoms with Gasteiger partial charge in [0, 0.05) is 53.6 Å². The van der Waals surface area contributed by atoms with Gasteiger partial charge in [0.1, 0.15) is 0 Å². The lowest BCUT2D eigenvalue weighted by Gasteiger charge is -2.08. The molecule has 9 heteroatoms. The Morgan fingerprint density at radius 3 is 2.37 bits per heavy atom. The average Bonchev–Trinajstić information content (AvgIpc) is 3.44. The molecule has 0 aliphatic heterocycles. The van der Waals surface area contributed by atoms with E-state index in [1.54, 1.807) is 31.2 Å². The molecule has 0 unspecified atom stereocenters. The molecule has 0 spiro atoms. The predicted octanol–water partition coefficient (Wildman–Crippen LogP) is 3.81. The van der Waals surface area contributed by atoms with Gasteiger partial charge in [-0.25, -0.2) is 4.98 Å². The van der Waals surface area contributed by atoms with Gasteiger partial charge in [0.2, 0.25) is 11.8 Å². The maximum atomic E-state index is 12.4. The van der Waals surface area contributed by atoms with Crippen LogP contribution >= 0.6 is 11.3 Å². The van der Waals surface area contributed by atoms with E-state index < -0.39 is 0 Å². The van der Waals surface area contributed by atoms with Crippen LogP contribution in [-0.2, 0) is 16.0 Å². The van der Waals surface area contributed by atoms with Gasteiger partial charge in [-0.3, -0.25) is 18.8 Å². The smallest absolute Gasteiger partial charge is 0.251 e. The number of hydrogen-bond donors (Lipinski definition) is 3. The molecule has 2 aromatic carbocycles. The molecular formula is C26H27N5O3S. The molecule has 0 bridgehead atoms. The van der Waals surface area contributed by atoms with E-state index in [1.807, 2.05) is 35.0 Å². The van der Waals surface area contributed by atoms with Crippen LogP contribution in [0.2, 0.25) is 0 Å². The first kappa shape index (κ1) is 24.2. The first-order chi connectivity index (χ1) is 16.9. The molecule has 0 fully saturated rings. The molecule has 0 aliphatic carbocycles. The Kier molecular flexibility index (Phi) is 7.57. The van der Waals surface area contributed by atoms with Crippen molar-refractivity contribution in [3.05, 3.63) is 76.9 Å². The number of rotatable bonds is 9. The zero-order chi connectivity index (χ0) is 24.8. The summed E-state index contributed by atoms with van der Waals surface area (Å²) in [5, 5.41) is 10.3. The zero-order valence-electron chi connectivity index (χ0n) is 19.6. The molecule has 4 aromatic rings. The van der Waals surface area contributed by atoms with Crippen molar-refractivity contribution in [2.75, 3.05) is 18.4 Å². The lowest BCUT2D eigenvalue weighted by atomic mass is 10.1. The summed E-state index contributed by atoms with van der Waals surface area (Å²) in [5.41, 5.74) is 5.11. The van der Waals surface area contributed by atoms with Crippen LogP contribution in [0.4, 0.5) is 5.69 Å². The van der Waals surface area contributed by atoms with Crippen LogP contribution < -0.4 is 16.0 Å². The van der Waals surface area contributed by atoms with E-state index in [9.17, 15) is 14.4 Å². The molecular weight excluding hydrogens is 462 g/mol. The average molecular weight is 490 g/mol. The highest BCUT2D eigenvalue weighted by Gasteiger charge is 2.13. The highest BCUT2D eigenvalue weighted by atomic mass is 32.1. The van der Waals surface area contributed by atoms with Gasteiger partial charge in [-0.1, -0.05) is 36.8 Å². The number of hydrogen-bond acceptors (Lipinski definition) is 5. The summed E-state index contributed by atoms with van der Waals surface area (Å²) in [6, 6.07) is 14.9. The number of carbonyl (C=O) groups excluding carboxylic acids is 3. The topological polar surface area (TPSA) is 105 Å². The monoisotopic (exact) mass is 489 g/mol. The number of aryl methyl sites for hydroxylation is 1. The van der Waals surface area contributed by atoms with Gasteiger partial charge in [0.05, 0.1) is 12.1 Å². The van der Waals surface area contributed by atoms with Gasteiger partial charge in [-0.2, -0.15) is 0 Å². The second-order valence-corrected chi connectivity index (χ2v) is 8.97. The van der Waals surface area contributed by atoms with Crippen molar-refractivity contribution in [3.63, 3.8) is 0 Å². The molecule has 0 saturated heterocycles. The number of fused-ring (bicyclic) bond motifs is 1. The summed E-state index contributed by atoms with van der Waals surface area (Å²) in [5.74, 6) is -0.448. The van der Waals surface area contributed by atoms with Gasteiger partial charge in [-0.15, -0.1) is 11.3 Å². The van der Waals surface area contributed by atoms with E-state index in [1.165, 1.54) is 16.9 Å². The molecule has 0 aliphatic rings. The van der Waals surface area contributed by atoms with Crippen LogP contribution in [0.15, 0.2) is 60.1 Å². The number of amides is 3. The number of nitrogens with zero attached hydrogens (tertiary/aromatic N) is 2. The number of nitrogens with one attached hydrogen (secondary N) is 3. The molecule has 180 valence electrons. The number of aromatic nitrogens is 2. The van der Waals surface area contributed by atoms with Gasteiger partial charge in [-0.05, 0) is 31.2 Å². The minimum Gasteiger partial charge on any atom is -0.354 e. The fourth-order valence-corrected chi connectivity index (χ4v) is 4.35. The molecule has 3 N–H and O–H groups in total. The van der Waals surface area contributed by atoms with Crippen molar-refractivity contribution in [1.29, 1.82) is 0 Å². The summed E-state index contributed by atoms with van der Waals surface area (Å²) in [7, 11) is 0. The zero-order valence-corrected chi connectivity index (χ0v) is 20.4. The molecule has 2 heterocycles. The fourth-order valence-electron chi connectivity index (χ4n) is 3.48. The summed E-state index contributed by atoms with van der Waals surface area (Å²) in [6.07, 6.45) is 2.57. The van der Waals surface area contributed by atoms with Crippen LogP contribution in [0.3, 0.4) is 0 Å². The number of carbonyl (C=O) groups is 3. The van der Waals surface area contributed by atoms with Crippen molar-refractivity contribution in [2.24, 2.45) is 0 Å². The summed E-state index contributed by atoms with van der Waals surface area (Å²) in [4.78, 5) is 41.7. The van der Waals surface area contributed by atoms with E-state index in [4.69, 9.17) is 0 Å². The van der Waals surface area contributed by atoms with Gasteiger partial charge < -0.3 is 16.0 Å². The third-order valence-electron chi connectivity index (χ3n) is 5.46. The van der Waals surface area contributed by atoms with E-state index in [2.05, 4.69) is 33.1 Å². The first-order valence-electron chi connectivity index (χ1n) is 11.4. The van der Waals surface area contributed by atoms with Crippen molar-refractivity contribution in [1.82, 2.24) is 20.0 Å². The number of imidazole rings is 1. The van der Waals surface area contributed by atoms with Gasteiger partial charge in [0.25, 0.3) is 5.91 Å². The Labute approximate surface area is 207 Å². The SMILES string of the molecule is CCC(=O)Nc1ccc(C(=O)NCCNC(=O)Cc2csc3nc(-c4ccc(C)cc4)cn23)cc1. The van der Waals surface area contributed by atoms with Crippen LogP contribution in [0.5, 0.6) is 0 Å². The summed E-state index contributed by atoms with van der Waals surface area (Å²) in [6.45, 7) is 4.45. The third kappa shape index (κ3) is 6.13. The Morgan fingerprint density at radius 2 is 1.66 bits per heavy atom. The Hall–Kier alpha value is -3.98. The Bertz CT molecular complexity index is 1340. The lowest BCUT2D eigenvalue weighted by Crippen LogP contribution is -2.35. The molecule has 4 rings (SSSR count). The molecule has 3 amide bonds. The van der Waals surface area contributed by atoms with Crippen LogP contribution in [-0.4, -0.2) is 40.2 Å². The second kappa shape index (κ2) is 11.0. The summed E-state index contributed by atoms with van der Waals surface area (Å²) >= 11 is 1.50. The van der Waals surface area contributed by atoms with E-state index in [0.717, 1.165) is 21.9 Å². The molecule has 35 heavy (non-hydrogen) atoms. The lowest BCUT2D eigenvalue weighted by molar-refractivity contribution is -0.120. The standard InChI is InChI=1S/C26H27N5O3S/c1-3-23(32)29-20-10-8-19(9-11-20)25(34)28-13-12-27-24(33)14-21-16-35-26-30-22(15-31(21)26)18-6-4-17(2)5-7-18/h4-11,15-16H,3,12-14H2,1-2H3,(H,27,33)(H,28,34)(H,29,32). The Morgan fingerprint density at radius 1 is 0.943 bits per heavy atom. The van der Waals surface area contributed by atoms with Crippen LogP contribution in [0, 0.1) is 6.92 Å². The van der Waals surface area contributed by atoms with E-state index in [0.29, 0.717) is 30.8 Å².